The summed E-state index contributed by atoms with van der Waals surface area (Å²) in [6, 6.07) is 17.8. The molecule has 3 aromatic rings. The second kappa shape index (κ2) is 12.8. The van der Waals surface area contributed by atoms with Gasteiger partial charge >= 0.3 is 12.1 Å². The lowest BCUT2D eigenvalue weighted by Crippen LogP contribution is -2.70. The largest absolute Gasteiger partial charge is 0.448 e. The van der Waals surface area contributed by atoms with Crippen molar-refractivity contribution in [2.45, 2.75) is 43.9 Å². The smallest absolute Gasteiger partial charge is 0.408 e. The van der Waals surface area contributed by atoms with Crippen molar-refractivity contribution < 1.29 is 28.7 Å². The normalized spacial score (nSPS) is 18.1. The number of rotatable bonds is 8. The quantitative estimate of drug-likeness (QED) is 0.196. The average molecular weight is 641 g/mol. The molecule has 43 heavy (non-hydrogen) atoms. The number of nitrogens with one attached hydrogen (secondary N) is 2. The number of aromatic nitrogens is 1. The van der Waals surface area contributed by atoms with E-state index in [9.17, 15) is 19.2 Å². The Morgan fingerprint density at radius 2 is 1.70 bits per heavy atom. The van der Waals surface area contributed by atoms with Crippen LogP contribution in [0.15, 0.2) is 72.6 Å². The zero-order chi connectivity index (χ0) is 30.7. The first-order chi connectivity index (χ1) is 20.6. The number of alkyl carbamates (subject to hydrolysis) is 1. The summed E-state index contributed by atoms with van der Waals surface area (Å²) in [5.41, 5.74) is 1.36. The van der Waals surface area contributed by atoms with E-state index in [1.165, 1.54) is 22.9 Å². The highest BCUT2D eigenvalue weighted by molar-refractivity contribution is 8.00. The Balaban J connectivity index is 1.50. The molecule has 13 heteroatoms. The van der Waals surface area contributed by atoms with Gasteiger partial charge in [-0.1, -0.05) is 72.0 Å². The molecule has 1 aromatic heterocycles. The van der Waals surface area contributed by atoms with E-state index in [4.69, 9.17) is 21.1 Å². The molecule has 2 unspecified atom stereocenters. The molecule has 5 rings (SSSR count). The third-order valence-corrected chi connectivity index (χ3v) is 8.93. The SMILES string of the molecule is CC(C)(C)OC(=O)NC1C(=O)N2C(C(=O)OC(c3ccccc3)c3ccccc3)=C(c3cnc(NC(=O)CCl)s3)CSC12. The number of carbonyl (C=O) groups is 4. The lowest BCUT2D eigenvalue weighted by Gasteiger charge is -2.49. The van der Waals surface area contributed by atoms with Crippen molar-refractivity contribution in [3.63, 3.8) is 0 Å². The Kier molecular flexibility index (Phi) is 9.09. The molecule has 3 amide bonds. The van der Waals surface area contributed by atoms with Crippen molar-refractivity contribution in [3.8, 4) is 0 Å². The van der Waals surface area contributed by atoms with Gasteiger partial charge in [0, 0.05) is 17.5 Å². The molecule has 1 saturated heterocycles. The van der Waals surface area contributed by atoms with Crippen LogP contribution in [0.3, 0.4) is 0 Å². The maximum atomic E-state index is 14.1. The van der Waals surface area contributed by atoms with Gasteiger partial charge in [0.1, 0.15) is 28.6 Å². The second-order valence-electron chi connectivity index (χ2n) is 10.7. The predicted molar refractivity (Wildman–Crippen MR) is 165 cm³/mol. The number of thiazole rings is 1. The molecular weight excluding hydrogens is 612 g/mol. The van der Waals surface area contributed by atoms with Crippen LogP contribution in [0.2, 0.25) is 0 Å². The number of fused-ring (bicyclic) bond motifs is 1. The van der Waals surface area contributed by atoms with E-state index in [1.807, 2.05) is 60.7 Å². The third-order valence-electron chi connectivity index (χ3n) is 6.43. The minimum atomic E-state index is -0.886. The van der Waals surface area contributed by atoms with Crippen LogP contribution >= 0.6 is 34.7 Å². The number of amides is 3. The van der Waals surface area contributed by atoms with Gasteiger partial charge in [-0.15, -0.1) is 23.4 Å². The van der Waals surface area contributed by atoms with Crippen molar-refractivity contribution >= 4 is 69.3 Å². The first-order valence-corrected chi connectivity index (χ1v) is 15.8. The fourth-order valence-corrected chi connectivity index (χ4v) is 7.00. The molecule has 10 nitrogen and oxygen atoms in total. The predicted octanol–water partition coefficient (Wildman–Crippen LogP) is 5.17. The molecule has 224 valence electrons. The Labute approximate surface area is 261 Å². The fraction of sp³-hybridized carbons (Fsp3) is 0.300. The number of nitrogens with zero attached hydrogens (tertiary/aromatic N) is 2. The minimum absolute atomic E-state index is 0.0618. The molecule has 0 radical (unpaired) electrons. The molecule has 1 fully saturated rings. The van der Waals surface area contributed by atoms with Gasteiger partial charge in [0.15, 0.2) is 11.2 Å². The molecule has 0 bridgehead atoms. The van der Waals surface area contributed by atoms with Gasteiger partial charge in [-0.2, -0.15) is 0 Å². The van der Waals surface area contributed by atoms with Crippen molar-refractivity contribution in [1.82, 2.24) is 15.2 Å². The monoisotopic (exact) mass is 640 g/mol. The molecule has 2 aliphatic heterocycles. The minimum Gasteiger partial charge on any atom is -0.448 e. The number of halogens is 1. The Bertz CT molecular complexity index is 1520. The Hall–Kier alpha value is -3.87. The average Bonchev–Trinajstić information content (AvgIpc) is 3.45. The van der Waals surface area contributed by atoms with Crippen molar-refractivity contribution in [1.29, 1.82) is 0 Å². The van der Waals surface area contributed by atoms with Crippen LogP contribution in [-0.2, 0) is 23.9 Å². The summed E-state index contributed by atoms with van der Waals surface area (Å²) in [5, 5.41) is 5.00. The first kappa shape index (κ1) is 30.6. The van der Waals surface area contributed by atoms with E-state index in [1.54, 1.807) is 20.8 Å². The number of benzene rings is 2. The number of alkyl halides is 1. The Morgan fingerprint density at radius 3 is 2.28 bits per heavy atom. The third kappa shape index (κ3) is 6.87. The number of esters is 1. The van der Waals surface area contributed by atoms with Crippen LogP contribution in [0.4, 0.5) is 9.93 Å². The maximum Gasteiger partial charge on any atom is 0.408 e. The number of anilines is 1. The molecule has 2 N–H and O–H groups in total. The number of hydrogen-bond donors (Lipinski definition) is 2. The molecular formula is C30H29ClN4O6S2. The maximum absolute atomic E-state index is 14.1. The van der Waals surface area contributed by atoms with E-state index in [2.05, 4.69) is 15.6 Å². The van der Waals surface area contributed by atoms with E-state index >= 15 is 0 Å². The Morgan fingerprint density at radius 1 is 1.07 bits per heavy atom. The van der Waals surface area contributed by atoms with E-state index in [0.717, 1.165) is 22.5 Å². The highest BCUT2D eigenvalue weighted by atomic mass is 35.5. The summed E-state index contributed by atoms with van der Waals surface area (Å²) >= 11 is 8.17. The van der Waals surface area contributed by atoms with Crippen molar-refractivity contribution in [2.24, 2.45) is 0 Å². The van der Waals surface area contributed by atoms with Gasteiger partial charge < -0.3 is 20.1 Å². The zero-order valence-corrected chi connectivity index (χ0v) is 25.9. The summed E-state index contributed by atoms with van der Waals surface area (Å²) in [7, 11) is 0. The first-order valence-electron chi connectivity index (χ1n) is 13.4. The molecule has 0 aliphatic carbocycles. The number of ether oxygens (including phenoxy) is 2. The highest BCUT2D eigenvalue weighted by Crippen LogP contribution is 2.45. The lowest BCUT2D eigenvalue weighted by molar-refractivity contribution is -0.153. The van der Waals surface area contributed by atoms with Gasteiger partial charge in [-0.25, -0.2) is 14.6 Å². The fourth-order valence-electron chi connectivity index (χ4n) is 4.60. The number of β-lactam (4-membered cyclic amide) rings is 1. The molecule has 0 saturated carbocycles. The number of hydrogen-bond acceptors (Lipinski definition) is 9. The molecule has 0 spiro atoms. The van der Waals surface area contributed by atoms with Crippen LogP contribution < -0.4 is 10.6 Å². The lowest BCUT2D eigenvalue weighted by atomic mass is 10.0. The van der Waals surface area contributed by atoms with E-state index in [-0.39, 0.29) is 11.6 Å². The van der Waals surface area contributed by atoms with Gasteiger partial charge in [0.2, 0.25) is 5.91 Å². The van der Waals surface area contributed by atoms with Crippen LogP contribution in [0.1, 0.15) is 42.9 Å². The van der Waals surface area contributed by atoms with Gasteiger partial charge in [-0.05, 0) is 31.9 Å². The van der Waals surface area contributed by atoms with E-state index in [0.29, 0.717) is 21.3 Å². The van der Waals surface area contributed by atoms with Gasteiger partial charge in [0.25, 0.3) is 5.91 Å². The van der Waals surface area contributed by atoms with Crippen LogP contribution in [0.5, 0.6) is 0 Å². The van der Waals surface area contributed by atoms with Crippen molar-refractivity contribution in [2.75, 3.05) is 16.9 Å². The van der Waals surface area contributed by atoms with Gasteiger partial charge in [-0.3, -0.25) is 14.5 Å². The van der Waals surface area contributed by atoms with E-state index < -0.39 is 47.0 Å². The summed E-state index contributed by atoms with van der Waals surface area (Å²) in [6.45, 7) is 5.19. The topological polar surface area (TPSA) is 127 Å². The standard InChI is InChI=1S/C30H29ClN4O6S2/c1-30(2,3)41-29(39)34-22-25(37)35-23(19(16-42-26(22)35)20-15-32-28(43-20)33-21(36)14-31)27(38)40-24(17-10-6-4-7-11-17)18-12-8-5-9-13-18/h4-13,15,22,24,26H,14,16H2,1-3H3,(H,34,39)(H,32,33,36). The summed E-state index contributed by atoms with van der Waals surface area (Å²) in [6.07, 6.45) is 0.0639. The highest BCUT2D eigenvalue weighted by Gasteiger charge is 2.55. The molecule has 2 atom stereocenters. The second-order valence-corrected chi connectivity index (χ2v) is 13.1. The van der Waals surface area contributed by atoms with Crippen molar-refractivity contribution in [3.05, 3.63) is 88.6 Å². The molecule has 2 aromatic carbocycles. The summed E-state index contributed by atoms with van der Waals surface area (Å²) < 4.78 is 11.5. The van der Waals surface area contributed by atoms with Crippen LogP contribution in [0, 0.1) is 0 Å². The number of carbonyl (C=O) groups excluding carboxylic acids is 4. The van der Waals surface area contributed by atoms with Crippen LogP contribution in [-0.4, -0.2) is 62.4 Å². The summed E-state index contributed by atoms with van der Waals surface area (Å²) in [4.78, 5) is 58.2. The molecule has 3 heterocycles. The van der Waals surface area contributed by atoms with Crippen LogP contribution in [0.25, 0.3) is 5.57 Å². The number of thioether (sulfide) groups is 1. The summed E-state index contributed by atoms with van der Waals surface area (Å²) in [5.74, 6) is -1.51. The van der Waals surface area contributed by atoms with Gasteiger partial charge in [0.05, 0.1) is 4.88 Å². The zero-order valence-electron chi connectivity index (χ0n) is 23.5. The molecule has 2 aliphatic rings.